The highest BCUT2D eigenvalue weighted by molar-refractivity contribution is 5.80. The van der Waals surface area contributed by atoms with E-state index in [1.54, 1.807) is 13.2 Å². The molecule has 0 unspecified atom stereocenters. The first-order valence-corrected chi connectivity index (χ1v) is 11.1. The third kappa shape index (κ3) is 5.55. The van der Waals surface area contributed by atoms with Crippen LogP contribution in [0.1, 0.15) is 29.5 Å². The van der Waals surface area contributed by atoms with Crippen molar-refractivity contribution in [3.8, 4) is 5.69 Å². The minimum Gasteiger partial charge on any atom is -0.356 e. The van der Waals surface area contributed by atoms with Gasteiger partial charge < -0.3 is 15.5 Å². The molecule has 7 nitrogen and oxygen atoms in total. The zero-order valence-electron chi connectivity index (χ0n) is 18.5. The van der Waals surface area contributed by atoms with E-state index in [0.29, 0.717) is 13.0 Å². The number of hydrogen-bond acceptors (Lipinski definition) is 3. The predicted molar refractivity (Wildman–Crippen MR) is 127 cm³/mol. The molecule has 0 atom stereocenters. The third-order valence-corrected chi connectivity index (χ3v) is 5.69. The van der Waals surface area contributed by atoms with Crippen LogP contribution in [-0.2, 0) is 24.3 Å². The lowest BCUT2D eigenvalue weighted by Gasteiger charge is -2.16. The van der Waals surface area contributed by atoms with Gasteiger partial charge >= 0.3 is 0 Å². The fourth-order valence-corrected chi connectivity index (χ4v) is 3.90. The van der Waals surface area contributed by atoms with E-state index in [4.69, 9.17) is 0 Å². The van der Waals surface area contributed by atoms with Gasteiger partial charge in [-0.15, -0.1) is 0 Å². The molecular formula is C25H30N6O. The van der Waals surface area contributed by atoms with Crippen molar-refractivity contribution in [1.29, 1.82) is 0 Å². The number of amides is 1. The summed E-state index contributed by atoms with van der Waals surface area (Å²) in [6.45, 7) is 2.96. The number of nitrogens with one attached hydrogen (secondary N) is 2. The van der Waals surface area contributed by atoms with E-state index in [-0.39, 0.29) is 5.91 Å². The Morgan fingerprint density at radius 3 is 2.38 bits per heavy atom. The molecule has 0 radical (unpaired) electrons. The number of aliphatic imine (C=N–C) groups is 1. The Kier molecular flexibility index (Phi) is 7.17. The minimum atomic E-state index is 0.213. The lowest BCUT2D eigenvalue weighted by molar-refractivity contribution is -0.131. The molecule has 0 spiro atoms. The molecule has 0 aliphatic carbocycles. The van der Waals surface area contributed by atoms with E-state index in [1.165, 1.54) is 16.7 Å². The number of aromatic nitrogens is 2. The first kappa shape index (κ1) is 21.6. The molecule has 1 amide bonds. The van der Waals surface area contributed by atoms with Crippen molar-refractivity contribution in [2.75, 3.05) is 20.1 Å². The predicted octanol–water partition coefficient (Wildman–Crippen LogP) is 2.90. The van der Waals surface area contributed by atoms with E-state index in [2.05, 4.69) is 57.1 Å². The van der Waals surface area contributed by atoms with Gasteiger partial charge in [-0.2, -0.15) is 5.10 Å². The second-order valence-electron chi connectivity index (χ2n) is 7.91. The van der Waals surface area contributed by atoms with E-state index < -0.39 is 0 Å². The molecule has 0 bridgehead atoms. The average Bonchev–Trinajstić information content (AvgIpc) is 3.51. The number of carbonyl (C=O) groups is 1. The van der Waals surface area contributed by atoms with Gasteiger partial charge in [0.2, 0.25) is 5.91 Å². The summed E-state index contributed by atoms with van der Waals surface area (Å²) in [6, 6.07) is 18.6. The Morgan fingerprint density at radius 1 is 1.00 bits per heavy atom. The van der Waals surface area contributed by atoms with E-state index >= 15 is 0 Å². The number of rotatable bonds is 8. The smallest absolute Gasteiger partial charge is 0.223 e. The van der Waals surface area contributed by atoms with Gasteiger partial charge in [0.1, 0.15) is 0 Å². The monoisotopic (exact) mass is 430 g/mol. The molecule has 1 aromatic heterocycles. The summed E-state index contributed by atoms with van der Waals surface area (Å²) in [5.41, 5.74) is 4.83. The summed E-state index contributed by atoms with van der Waals surface area (Å²) in [4.78, 5) is 18.7. The Hall–Kier alpha value is -3.61. The topological polar surface area (TPSA) is 74.6 Å². The minimum absolute atomic E-state index is 0.213. The average molecular weight is 431 g/mol. The molecule has 0 saturated heterocycles. The number of nitrogens with zero attached hydrogens (tertiary/aromatic N) is 4. The molecule has 0 fully saturated rings. The molecule has 1 aliphatic heterocycles. The van der Waals surface area contributed by atoms with Crippen LogP contribution in [0.15, 0.2) is 72.0 Å². The largest absolute Gasteiger partial charge is 0.356 e. The van der Waals surface area contributed by atoms with Crippen molar-refractivity contribution >= 4 is 11.9 Å². The second-order valence-corrected chi connectivity index (χ2v) is 7.91. The van der Waals surface area contributed by atoms with Gasteiger partial charge in [0.05, 0.1) is 5.69 Å². The number of fused-ring (bicyclic) bond motifs is 1. The lowest BCUT2D eigenvalue weighted by atomic mass is 10.1. The zero-order valence-corrected chi connectivity index (χ0v) is 18.5. The van der Waals surface area contributed by atoms with E-state index in [1.807, 2.05) is 34.0 Å². The quantitative estimate of drug-likeness (QED) is 0.327. The van der Waals surface area contributed by atoms with E-state index in [0.717, 1.165) is 44.1 Å². The Labute approximate surface area is 189 Å². The maximum atomic E-state index is 12.5. The summed E-state index contributed by atoms with van der Waals surface area (Å²) >= 11 is 0. The number of carbonyl (C=O) groups excluding carboxylic acids is 1. The van der Waals surface area contributed by atoms with Crippen LogP contribution in [0.4, 0.5) is 0 Å². The molecule has 4 rings (SSSR count). The van der Waals surface area contributed by atoms with Crippen LogP contribution in [0.5, 0.6) is 0 Å². The zero-order chi connectivity index (χ0) is 22.2. The molecule has 1 aliphatic rings. The summed E-state index contributed by atoms with van der Waals surface area (Å²) in [7, 11) is 1.76. The van der Waals surface area contributed by atoms with Crippen molar-refractivity contribution in [3.63, 3.8) is 0 Å². The fraction of sp³-hybridized carbons (Fsp3) is 0.320. The molecule has 32 heavy (non-hydrogen) atoms. The molecule has 2 heterocycles. The molecule has 2 aromatic carbocycles. The third-order valence-electron chi connectivity index (χ3n) is 5.69. The fourth-order valence-electron chi connectivity index (χ4n) is 3.90. The standard InChI is InChI=1S/C25H30N6O/c1-26-25(28-16-13-20-9-11-23(12-10-20)31-17-5-15-29-31)27-14-4-8-24(32)30-18-21-6-2-3-7-22(21)19-30/h2-3,5-7,9-12,15,17H,4,8,13-14,16,18-19H2,1H3,(H2,26,27,28). The maximum Gasteiger partial charge on any atom is 0.223 e. The van der Waals surface area contributed by atoms with Crippen LogP contribution in [0.3, 0.4) is 0 Å². The summed E-state index contributed by atoms with van der Waals surface area (Å²) < 4.78 is 1.85. The van der Waals surface area contributed by atoms with E-state index in [9.17, 15) is 4.79 Å². The number of hydrogen-bond donors (Lipinski definition) is 2. The molecule has 7 heteroatoms. The molecular weight excluding hydrogens is 400 g/mol. The lowest BCUT2D eigenvalue weighted by Crippen LogP contribution is -2.39. The maximum absolute atomic E-state index is 12.5. The van der Waals surface area contributed by atoms with Crippen LogP contribution in [0.25, 0.3) is 5.69 Å². The highest BCUT2D eigenvalue weighted by atomic mass is 16.2. The second kappa shape index (κ2) is 10.6. The van der Waals surface area contributed by atoms with Gasteiger partial charge in [0.15, 0.2) is 5.96 Å². The summed E-state index contributed by atoms with van der Waals surface area (Å²) in [5, 5.41) is 10.9. The number of guanidine groups is 1. The summed E-state index contributed by atoms with van der Waals surface area (Å²) in [6.07, 6.45) is 5.93. The van der Waals surface area contributed by atoms with Crippen LogP contribution in [-0.4, -0.2) is 46.7 Å². The van der Waals surface area contributed by atoms with Gasteiger partial charge in [0.25, 0.3) is 0 Å². The van der Waals surface area contributed by atoms with Crippen molar-refractivity contribution in [1.82, 2.24) is 25.3 Å². The van der Waals surface area contributed by atoms with Crippen LogP contribution in [0, 0.1) is 0 Å². The van der Waals surface area contributed by atoms with Gasteiger partial charge in [-0.05, 0) is 47.7 Å². The highest BCUT2D eigenvalue weighted by Gasteiger charge is 2.22. The Bertz CT molecular complexity index is 1020. The van der Waals surface area contributed by atoms with Crippen molar-refractivity contribution in [3.05, 3.63) is 83.7 Å². The first-order chi connectivity index (χ1) is 15.7. The number of benzene rings is 2. The van der Waals surface area contributed by atoms with Crippen molar-refractivity contribution in [2.45, 2.75) is 32.4 Å². The van der Waals surface area contributed by atoms with Crippen LogP contribution >= 0.6 is 0 Å². The van der Waals surface area contributed by atoms with Gasteiger partial charge in [-0.1, -0.05) is 36.4 Å². The van der Waals surface area contributed by atoms with Crippen molar-refractivity contribution < 1.29 is 4.79 Å². The Balaban J connectivity index is 1.12. The molecule has 2 N–H and O–H groups in total. The van der Waals surface area contributed by atoms with Gasteiger partial charge in [-0.3, -0.25) is 9.79 Å². The van der Waals surface area contributed by atoms with Crippen LogP contribution < -0.4 is 10.6 Å². The van der Waals surface area contributed by atoms with Gasteiger partial charge in [-0.25, -0.2) is 4.68 Å². The van der Waals surface area contributed by atoms with Crippen molar-refractivity contribution in [2.24, 2.45) is 4.99 Å². The normalized spacial score (nSPS) is 13.2. The molecule has 0 saturated carbocycles. The van der Waals surface area contributed by atoms with Crippen LogP contribution in [0.2, 0.25) is 0 Å². The summed E-state index contributed by atoms with van der Waals surface area (Å²) in [5.74, 6) is 0.976. The SMILES string of the molecule is CN=C(NCCCC(=O)N1Cc2ccccc2C1)NCCc1ccc(-n2cccn2)cc1. The molecule has 166 valence electrons. The van der Waals surface area contributed by atoms with Gasteiger partial charge in [0, 0.05) is 52.0 Å². The first-order valence-electron chi connectivity index (χ1n) is 11.1. The molecule has 3 aromatic rings. The highest BCUT2D eigenvalue weighted by Crippen LogP contribution is 2.22. The Morgan fingerprint density at radius 2 is 1.72 bits per heavy atom.